The van der Waals surface area contributed by atoms with Gasteiger partial charge < -0.3 is 20.0 Å². The van der Waals surface area contributed by atoms with Crippen molar-refractivity contribution in [1.29, 1.82) is 0 Å². The first-order valence-electron chi connectivity index (χ1n) is 18.4. The van der Waals surface area contributed by atoms with E-state index in [4.69, 9.17) is 0 Å². The van der Waals surface area contributed by atoms with Gasteiger partial charge >= 0.3 is 0 Å². The SMILES string of the molecule is C[C@@H](/C=C/CC(=O)N(CCO)Cc1ccccc1)[C@]1(O)C(=O)N(Cc2ccc(-n3[nH]c4ccccc4c3=O)cc2)c2ccc(-n3[nH]c4ccccc4c3=O)cc21. The summed E-state index contributed by atoms with van der Waals surface area (Å²) >= 11 is 0. The van der Waals surface area contributed by atoms with Crippen molar-refractivity contribution in [3.8, 4) is 11.4 Å². The number of para-hydroxylation sites is 2. The van der Waals surface area contributed by atoms with Crippen LogP contribution in [-0.4, -0.2) is 59.6 Å². The highest BCUT2D eigenvalue weighted by Gasteiger charge is 2.52. The molecule has 1 aliphatic heterocycles. The summed E-state index contributed by atoms with van der Waals surface area (Å²) in [6.45, 7) is 2.15. The summed E-state index contributed by atoms with van der Waals surface area (Å²) in [6.07, 6.45) is 3.30. The number of nitrogens with one attached hydrogen (secondary N) is 2. The van der Waals surface area contributed by atoms with Gasteiger partial charge in [0.15, 0.2) is 5.60 Å². The quantitative estimate of drug-likeness (QED) is 0.125. The van der Waals surface area contributed by atoms with Crippen molar-refractivity contribution < 1.29 is 19.8 Å². The maximum atomic E-state index is 14.5. The lowest BCUT2D eigenvalue weighted by atomic mass is 9.82. The number of benzene rings is 5. The van der Waals surface area contributed by atoms with E-state index in [1.54, 1.807) is 78.6 Å². The fourth-order valence-electron chi connectivity index (χ4n) is 7.50. The van der Waals surface area contributed by atoms with Crippen LogP contribution in [-0.2, 0) is 28.3 Å². The standard InChI is InChI=1S/C44H40N6O6/c1-29(10-9-17-40(52)47(24-25-51)27-30-11-3-2-4-12-30)44(56)36-26-33(50-42(54)35-14-6-8-16-38(35)46-50)22-23-39(36)48(43(44)55)28-31-18-20-32(21-19-31)49-41(53)34-13-5-7-15-37(34)45-49/h2-16,18-23,26,29,45-46,51,56H,17,24-25,27-28H2,1H3/b10-9+/t29-,44+/m0/s1. The van der Waals surface area contributed by atoms with Gasteiger partial charge in [0.05, 0.1) is 52.0 Å². The van der Waals surface area contributed by atoms with E-state index in [9.17, 15) is 29.4 Å². The molecule has 282 valence electrons. The number of aliphatic hydroxyl groups excluding tert-OH is 1. The number of fused-ring (bicyclic) bond motifs is 3. The summed E-state index contributed by atoms with van der Waals surface area (Å²) in [6, 6.07) is 36.3. The number of hydrogen-bond acceptors (Lipinski definition) is 6. The number of carbonyl (C=O) groups excluding carboxylic acids is 2. The Hall–Kier alpha value is -6.76. The molecule has 0 radical (unpaired) electrons. The molecule has 2 amide bonds. The summed E-state index contributed by atoms with van der Waals surface area (Å²) in [5, 5.41) is 29.5. The third kappa shape index (κ3) is 6.44. The molecule has 0 saturated heterocycles. The van der Waals surface area contributed by atoms with Crippen LogP contribution >= 0.6 is 0 Å². The number of nitrogens with zero attached hydrogens (tertiary/aromatic N) is 4. The Labute approximate surface area is 321 Å². The van der Waals surface area contributed by atoms with E-state index >= 15 is 0 Å². The first-order valence-corrected chi connectivity index (χ1v) is 18.4. The van der Waals surface area contributed by atoms with Gasteiger partial charge in [0.25, 0.3) is 17.0 Å². The van der Waals surface area contributed by atoms with Crippen molar-refractivity contribution in [3.05, 3.63) is 171 Å². The number of H-pyrrole nitrogens is 2. The van der Waals surface area contributed by atoms with Crippen molar-refractivity contribution in [2.24, 2.45) is 5.92 Å². The predicted molar refractivity (Wildman–Crippen MR) is 215 cm³/mol. The van der Waals surface area contributed by atoms with Gasteiger partial charge in [0, 0.05) is 31.0 Å². The fourth-order valence-corrected chi connectivity index (χ4v) is 7.50. The molecule has 3 heterocycles. The number of rotatable bonds is 12. The molecule has 0 aliphatic carbocycles. The van der Waals surface area contributed by atoms with E-state index in [2.05, 4.69) is 10.2 Å². The zero-order valence-corrected chi connectivity index (χ0v) is 30.6. The monoisotopic (exact) mass is 748 g/mol. The van der Waals surface area contributed by atoms with Crippen molar-refractivity contribution >= 4 is 39.3 Å². The first-order chi connectivity index (χ1) is 27.2. The highest BCUT2D eigenvalue weighted by Crippen LogP contribution is 2.46. The van der Waals surface area contributed by atoms with Gasteiger partial charge in [0.2, 0.25) is 5.91 Å². The molecule has 7 aromatic rings. The Morgan fingerprint density at radius 3 is 1.98 bits per heavy atom. The van der Waals surface area contributed by atoms with Gasteiger partial charge in [0.1, 0.15) is 0 Å². The zero-order chi connectivity index (χ0) is 39.0. The first kappa shape index (κ1) is 36.2. The molecule has 2 aromatic heterocycles. The van der Waals surface area contributed by atoms with Crippen LogP contribution in [0.3, 0.4) is 0 Å². The molecule has 0 bridgehead atoms. The van der Waals surface area contributed by atoms with E-state index in [1.165, 1.54) is 14.3 Å². The Morgan fingerprint density at radius 2 is 1.36 bits per heavy atom. The van der Waals surface area contributed by atoms with E-state index in [0.717, 1.165) is 16.6 Å². The van der Waals surface area contributed by atoms with Gasteiger partial charge in [-0.2, -0.15) is 0 Å². The van der Waals surface area contributed by atoms with Crippen LogP contribution in [0.25, 0.3) is 33.2 Å². The minimum Gasteiger partial charge on any atom is -0.395 e. The van der Waals surface area contributed by atoms with Gasteiger partial charge in [-0.15, -0.1) is 0 Å². The molecule has 8 rings (SSSR count). The molecule has 0 fully saturated rings. The van der Waals surface area contributed by atoms with Gasteiger partial charge in [-0.1, -0.05) is 85.8 Å². The highest BCUT2D eigenvalue weighted by molar-refractivity contribution is 6.07. The zero-order valence-electron chi connectivity index (χ0n) is 30.6. The summed E-state index contributed by atoms with van der Waals surface area (Å²) in [4.78, 5) is 57.4. The number of aliphatic hydroxyl groups is 2. The molecule has 2 atom stereocenters. The van der Waals surface area contributed by atoms with Crippen LogP contribution in [0.5, 0.6) is 0 Å². The molecule has 5 aromatic carbocycles. The molecule has 0 spiro atoms. The fraction of sp³-hybridized carbons (Fsp3) is 0.182. The topological polar surface area (TPSA) is 157 Å². The van der Waals surface area contributed by atoms with Crippen LogP contribution in [0, 0.1) is 5.92 Å². The average molecular weight is 749 g/mol. The van der Waals surface area contributed by atoms with Gasteiger partial charge in [-0.05, 0) is 65.7 Å². The summed E-state index contributed by atoms with van der Waals surface area (Å²) < 4.78 is 2.87. The second-order valence-corrected chi connectivity index (χ2v) is 14.1. The average Bonchev–Trinajstić information content (AvgIpc) is 3.82. The summed E-state index contributed by atoms with van der Waals surface area (Å²) in [5.74, 6) is -1.56. The number of aromatic amines is 2. The Morgan fingerprint density at radius 1 is 0.768 bits per heavy atom. The number of anilines is 1. The van der Waals surface area contributed by atoms with Crippen molar-refractivity contribution in [1.82, 2.24) is 24.5 Å². The van der Waals surface area contributed by atoms with Crippen LogP contribution in [0.15, 0.2) is 143 Å². The summed E-state index contributed by atoms with van der Waals surface area (Å²) in [5.41, 5.74) is 2.43. The van der Waals surface area contributed by atoms with Crippen molar-refractivity contribution in [2.75, 3.05) is 18.1 Å². The van der Waals surface area contributed by atoms with E-state index in [-0.39, 0.29) is 43.1 Å². The Balaban J connectivity index is 1.10. The molecule has 1 aliphatic rings. The summed E-state index contributed by atoms with van der Waals surface area (Å²) in [7, 11) is 0. The molecular formula is C44H40N6O6. The third-order valence-corrected chi connectivity index (χ3v) is 10.5. The molecule has 0 saturated carbocycles. The van der Waals surface area contributed by atoms with Gasteiger partial charge in [-0.3, -0.25) is 29.4 Å². The minimum atomic E-state index is -2.05. The third-order valence-electron chi connectivity index (χ3n) is 10.5. The lowest BCUT2D eigenvalue weighted by Gasteiger charge is -2.28. The molecule has 56 heavy (non-hydrogen) atoms. The molecule has 12 heteroatoms. The number of aromatic nitrogens is 4. The molecule has 12 nitrogen and oxygen atoms in total. The van der Waals surface area contributed by atoms with Gasteiger partial charge in [-0.25, -0.2) is 9.36 Å². The lowest BCUT2D eigenvalue weighted by molar-refractivity contribution is -0.139. The van der Waals surface area contributed by atoms with E-state index in [0.29, 0.717) is 45.5 Å². The van der Waals surface area contributed by atoms with Crippen LogP contribution in [0.2, 0.25) is 0 Å². The largest absolute Gasteiger partial charge is 0.395 e. The smallest absolute Gasteiger partial charge is 0.279 e. The molecule has 4 N–H and O–H groups in total. The Kier molecular flexibility index (Phi) is 9.59. The minimum absolute atomic E-state index is 0.00563. The normalized spacial score (nSPS) is 15.9. The predicted octanol–water partition coefficient (Wildman–Crippen LogP) is 5.29. The number of amides is 2. The maximum Gasteiger partial charge on any atom is 0.279 e. The number of hydrogen-bond donors (Lipinski definition) is 4. The maximum absolute atomic E-state index is 14.5. The highest BCUT2D eigenvalue weighted by atomic mass is 16.3. The van der Waals surface area contributed by atoms with E-state index in [1.807, 2.05) is 66.7 Å². The Bertz CT molecular complexity index is 2730. The van der Waals surface area contributed by atoms with E-state index < -0.39 is 17.4 Å². The van der Waals surface area contributed by atoms with Crippen molar-refractivity contribution in [2.45, 2.75) is 32.0 Å². The van der Waals surface area contributed by atoms with Crippen LogP contribution in [0.4, 0.5) is 5.69 Å². The van der Waals surface area contributed by atoms with Crippen molar-refractivity contribution in [3.63, 3.8) is 0 Å². The lowest BCUT2D eigenvalue weighted by Crippen LogP contribution is -2.44. The molecular weight excluding hydrogens is 709 g/mol. The molecule has 0 unspecified atom stereocenters. The number of carbonyl (C=O) groups is 2. The van der Waals surface area contributed by atoms with Crippen LogP contribution < -0.4 is 16.0 Å². The second-order valence-electron chi connectivity index (χ2n) is 14.1. The second kappa shape index (κ2) is 14.8. The van der Waals surface area contributed by atoms with Crippen LogP contribution in [0.1, 0.15) is 30.0 Å².